The molecule has 188 valence electrons. The van der Waals surface area contributed by atoms with Crippen LogP contribution in [0.1, 0.15) is 62.5 Å². The van der Waals surface area contributed by atoms with Gasteiger partial charge in [-0.05, 0) is 81.7 Å². The topological polar surface area (TPSA) is 60.3 Å². The van der Waals surface area contributed by atoms with Crippen molar-refractivity contribution in [3.63, 3.8) is 0 Å². The molecule has 1 amide bonds. The number of benzene rings is 2. The molecule has 1 atom stereocenters. The molecular formula is C30H36N2O3Si. The number of pyridine rings is 1. The summed E-state index contributed by atoms with van der Waals surface area (Å²) in [6, 6.07) is 13.4. The first kappa shape index (κ1) is 25.8. The van der Waals surface area contributed by atoms with Gasteiger partial charge in [0.2, 0.25) is 0 Å². The third kappa shape index (κ3) is 5.42. The second kappa shape index (κ2) is 9.63. The Bertz CT molecular complexity index is 1430. The van der Waals surface area contributed by atoms with Gasteiger partial charge in [0.05, 0.1) is 17.1 Å². The van der Waals surface area contributed by atoms with Crippen LogP contribution in [0, 0.1) is 11.5 Å². The van der Waals surface area contributed by atoms with Gasteiger partial charge in [0.15, 0.2) is 0 Å². The number of carbonyl (C=O) groups is 1. The standard InChI is InChI=1S/C30H36N2O3Si/c1-20(31-29(34)35-30(2,3)4)27-24-15-11-12-21-16-17-22(18-19-36(5,6)7)26(25(21)24)28(33)32(27)23-13-9-8-10-14-23/h8-10,13-14,16-17,20H,11-12,15H2,1-7H3,(H,31,34)/t20-/m0/s1. The van der Waals surface area contributed by atoms with Crippen LogP contribution in [0.4, 0.5) is 4.79 Å². The Hall–Kier alpha value is -3.30. The summed E-state index contributed by atoms with van der Waals surface area (Å²) >= 11 is 0. The van der Waals surface area contributed by atoms with Crippen LogP contribution in [0.15, 0.2) is 47.3 Å². The first-order valence-electron chi connectivity index (χ1n) is 12.7. The summed E-state index contributed by atoms with van der Waals surface area (Å²) in [4.78, 5) is 27.0. The highest BCUT2D eigenvalue weighted by Crippen LogP contribution is 2.35. The van der Waals surface area contributed by atoms with E-state index in [2.05, 4.69) is 42.5 Å². The zero-order valence-corrected chi connectivity index (χ0v) is 23.4. The average molecular weight is 501 g/mol. The molecule has 0 saturated heterocycles. The fraction of sp³-hybridized carbons (Fsp3) is 0.400. The zero-order valence-electron chi connectivity index (χ0n) is 22.4. The summed E-state index contributed by atoms with van der Waals surface area (Å²) in [5.41, 5.74) is 7.37. The normalized spacial score (nSPS) is 14.1. The van der Waals surface area contributed by atoms with Crippen LogP contribution in [-0.4, -0.2) is 24.3 Å². The van der Waals surface area contributed by atoms with Crippen molar-refractivity contribution in [2.75, 3.05) is 0 Å². The monoisotopic (exact) mass is 500 g/mol. The number of hydrogen-bond acceptors (Lipinski definition) is 3. The lowest BCUT2D eigenvalue weighted by Crippen LogP contribution is -2.37. The third-order valence-corrected chi connectivity index (χ3v) is 7.04. The largest absolute Gasteiger partial charge is 0.444 e. The lowest BCUT2D eigenvalue weighted by molar-refractivity contribution is 0.0506. The van der Waals surface area contributed by atoms with Crippen LogP contribution in [-0.2, 0) is 17.6 Å². The molecule has 0 fully saturated rings. The van der Waals surface area contributed by atoms with E-state index < -0.39 is 25.8 Å². The summed E-state index contributed by atoms with van der Waals surface area (Å²) in [5.74, 6) is 3.37. The Morgan fingerprint density at radius 3 is 2.39 bits per heavy atom. The van der Waals surface area contributed by atoms with Crippen molar-refractivity contribution in [1.29, 1.82) is 0 Å². The number of nitrogens with zero attached hydrogens (tertiary/aromatic N) is 1. The Kier molecular flexibility index (Phi) is 6.89. The number of para-hydroxylation sites is 1. The molecule has 3 aromatic rings. The minimum absolute atomic E-state index is 0.101. The predicted molar refractivity (Wildman–Crippen MR) is 150 cm³/mol. The van der Waals surface area contributed by atoms with E-state index >= 15 is 0 Å². The Labute approximate surface area is 214 Å². The number of alkyl carbamates (subject to hydrolysis) is 1. The van der Waals surface area contributed by atoms with Crippen molar-refractivity contribution < 1.29 is 9.53 Å². The van der Waals surface area contributed by atoms with Crippen LogP contribution in [0.3, 0.4) is 0 Å². The summed E-state index contributed by atoms with van der Waals surface area (Å²) in [6.07, 6.45) is 2.24. The smallest absolute Gasteiger partial charge is 0.408 e. The van der Waals surface area contributed by atoms with Crippen LogP contribution in [0.2, 0.25) is 19.6 Å². The van der Waals surface area contributed by atoms with E-state index in [1.807, 2.05) is 64.1 Å². The number of amides is 1. The zero-order chi connectivity index (χ0) is 26.3. The van der Waals surface area contributed by atoms with Crippen molar-refractivity contribution in [2.24, 2.45) is 0 Å². The minimum Gasteiger partial charge on any atom is -0.444 e. The molecule has 0 saturated carbocycles. The maximum Gasteiger partial charge on any atom is 0.408 e. The molecule has 1 N–H and O–H groups in total. The second-order valence-electron chi connectivity index (χ2n) is 11.6. The summed E-state index contributed by atoms with van der Waals surface area (Å²) in [5, 5.41) is 4.68. The Balaban J connectivity index is 2.03. The van der Waals surface area contributed by atoms with E-state index in [9.17, 15) is 9.59 Å². The molecule has 0 unspecified atom stereocenters. The average Bonchev–Trinajstić information content (AvgIpc) is 2.78. The van der Waals surface area contributed by atoms with E-state index in [4.69, 9.17) is 4.74 Å². The van der Waals surface area contributed by atoms with E-state index in [1.54, 1.807) is 4.57 Å². The number of ether oxygens (including phenoxy) is 1. The van der Waals surface area contributed by atoms with Gasteiger partial charge < -0.3 is 10.1 Å². The van der Waals surface area contributed by atoms with E-state index in [1.165, 1.54) is 5.56 Å². The van der Waals surface area contributed by atoms with Crippen LogP contribution in [0.25, 0.3) is 16.5 Å². The highest BCUT2D eigenvalue weighted by molar-refractivity contribution is 6.83. The highest BCUT2D eigenvalue weighted by atomic mass is 28.3. The number of nitrogens with one attached hydrogen (secondary N) is 1. The number of carbonyl (C=O) groups excluding carboxylic acids is 1. The molecule has 1 aliphatic rings. The van der Waals surface area contributed by atoms with Gasteiger partial charge in [-0.2, -0.15) is 0 Å². The highest BCUT2D eigenvalue weighted by Gasteiger charge is 2.28. The quantitative estimate of drug-likeness (QED) is 0.339. The van der Waals surface area contributed by atoms with Crippen LogP contribution in [0.5, 0.6) is 0 Å². The molecule has 5 nitrogen and oxygen atoms in total. The van der Waals surface area contributed by atoms with E-state index in [0.717, 1.165) is 47.2 Å². The van der Waals surface area contributed by atoms with Crippen molar-refractivity contribution in [3.8, 4) is 17.2 Å². The van der Waals surface area contributed by atoms with Crippen molar-refractivity contribution in [3.05, 3.63) is 75.2 Å². The van der Waals surface area contributed by atoms with Crippen molar-refractivity contribution >= 4 is 24.9 Å². The lowest BCUT2D eigenvalue weighted by Gasteiger charge is -2.29. The van der Waals surface area contributed by atoms with E-state index in [0.29, 0.717) is 5.39 Å². The SMILES string of the molecule is C[C@H](NC(=O)OC(C)(C)C)c1c2c3c(ccc(C#C[Si](C)(C)C)c3c(=O)n1-c1ccccc1)CCC2. The second-order valence-corrected chi connectivity index (χ2v) is 16.3. The fourth-order valence-electron chi connectivity index (χ4n) is 4.81. The van der Waals surface area contributed by atoms with Crippen LogP contribution < -0.4 is 10.9 Å². The summed E-state index contributed by atoms with van der Waals surface area (Å²) in [7, 11) is -1.64. The third-order valence-electron chi connectivity index (χ3n) is 6.16. The summed E-state index contributed by atoms with van der Waals surface area (Å²) < 4.78 is 7.31. The van der Waals surface area contributed by atoms with Gasteiger partial charge in [-0.25, -0.2) is 4.79 Å². The molecule has 0 radical (unpaired) electrons. The molecule has 0 bridgehead atoms. The van der Waals surface area contributed by atoms with Crippen molar-refractivity contribution in [1.82, 2.24) is 9.88 Å². The first-order valence-corrected chi connectivity index (χ1v) is 16.2. The number of aromatic nitrogens is 1. The molecule has 2 aromatic carbocycles. The fourth-order valence-corrected chi connectivity index (χ4v) is 5.32. The maximum atomic E-state index is 14.3. The summed E-state index contributed by atoms with van der Waals surface area (Å²) in [6.45, 7) is 14.1. The predicted octanol–water partition coefficient (Wildman–Crippen LogP) is 6.29. The molecular weight excluding hydrogens is 464 g/mol. The maximum absolute atomic E-state index is 14.3. The van der Waals surface area contributed by atoms with Gasteiger partial charge in [-0.15, -0.1) is 5.54 Å². The lowest BCUT2D eigenvalue weighted by atomic mass is 9.85. The molecule has 0 aliphatic heterocycles. The van der Waals surface area contributed by atoms with E-state index in [-0.39, 0.29) is 5.56 Å². The van der Waals surface area contributed by atoms with Crippen molar-refractivity contribution in [2.45, 2.75) is 78.2 Å². The minimum atomic E-state index is -1.64. The Morgan fingerprint density at radius 2 is 1.75 bits per heavy atom. The van der Waals surface area contributed by atoms with Gasteiger partial charge >= 0.3 is 6.09 Å². The van der Waals surface area contributed by atoms with Crippen LogP contribution >= 0.6 is 0 Å². The van der Waals surface area contributed by atoms with Gasteiger partial charge in [-0.3, -0.25) is 9.36 Å². The molecule has 1 aliphatic carbocycles. The number of aryl methyl sites for hydroxylation is 2. The molecule has 4 rings (SSSR count). The molecule has 1 aromatic heterocycles. The number of rotatable bonds is 3. The molecule has 0 spiro atoms. The van der Waals surface area contributed by atoms with Gasteiger partial charge in [-0.1, -0.05) is 49.8 Å². The number of hydrogen-bond donors (Lipinski definition) is 1. The van der Waals surface area contributed by atoms with Gasteiger partial charge in [0, 0.05) is 11.3 Å². The first-order chi connectivity index (χ1) is 16.9. The molecule has 6 heteroatoms. The van der Waals surface area contributed by atoms with Gasteiger partial charge in [0.25, 0.3) is 5.56 Å². The van der Waals surface area contributed by atoms with Gasteiger partial charge in [0.1, 0.15) is 13.7 Å². The Morgan fingerprint density at radius 1 is 1.06 bits per heavy atom. The molecule has 1 heterocycles. The molecule has 36 heavy (non-hydrogen) atoms.